The summed E-state index contributed by atoms with van der Waals surface area (Å²) < 4.78 is 5.12. The van der Waals surface area contributed by atoms with Crippen LogP contribution in [-0.2, 0) is 6.54 Å². The van der Waals surface area contributed by atoms with Crippen LogP contribution in [0.15, 0.2) is 17.0 Å². The molecule has 1 N–H and O–H groups in total. The molecule has 1 heterocycles. The van der Waals surface area contributed by atoms with Crippen molar-refractivity contribution < 1.29 is 4.42 Å². The van der Waals surface area contributed by atoms with Gasteiger partial charge >= 0.3 is 0 Å². The second-order valence-electron chi connectivity index (χ2n) is 3.91. The van der Waals surface area contributed by atoms with Gasteiger partial charge in [0.25, 0.3) is 0 Å². The predicted octanol–water partition coefficient (Wildman–Crippen LogP) is 1.81. The summed E-state index contributed by atoms with van der Waals surface area (Å²) in [6, 6.07) is 0. The molecule has 1 saturated carbocycles. The highest BCUT2D eigenvalue weighted by Gasteiger charge is 2.27. The van der Waals surface area contributed by atoms with E-state index in [0.29, 0.717) is 0 Å². The van der Waals surface area contributed by atoms with Gasteiger partial charge in [-0.15, -0.1) is 0 Å². The molecule has 72 valence electrons. The van der Waals surface area contributed by atoms with Crippen molar-refractivity contribution in [3.63, 3.8) is 0 Å². The summed E-state index contributed by atoms with van der Waals surface area (Å²) in [6.07, 6.45) is 6.08. The average molecular weight is 180 g/mol. The van der Waals surface area contributed by atoms with Crippen LogP contribution in [0.3, 0.4) is 0 Å². The van der Waals surface area contributed by atoms with E-state index >= 15 is 0 Å². The highest BCUT2D eigenvalue weighted by atomic mass is 16.3. The average Bonchev–Trinajstić information content (AvgIpc) is 2.86. The van der Waals surface area contributed by atoms with Gasteiger partial charge in [0.1, 0.15) is 5.76 Å². The standard InChI is InChI=1S/C10H16N2O/c1-8(9-2-3-9)4-11-5-10-6-12-7-13-10/h6-9,11H,2-5H2,1H3. The molecule has 1 aliphatic carbocycles. The van der Waals surface area contributed by atoms with Crippen LogP contribution in [-0.4, -0.2) is 11.5 Å². The fourth-order valence-corrected chi connectivity index (χ4v) is 1.58. The van der Waals surface area contributed by atoms with E-state index in [-0.39, 0.29) is 0 Å². The van der Waals surface area contributed by atoms with Gasteiger partial charge in [-0.25, -0.2) is 4.98 Å². The molecular weight excluding hydrogens is 164 g/mol. The van der Waals surface area contributed by atoms with E-state index in [2.05, 4.69) is 17.2 Å². The Morgan fingerprint density at radius 3 is 3.15 bits per heavy atom. The largest absolute Gasteiger partial charge is 0.447 e. The molecule has 0 aliphatic heterocycles. The van der Waals surface area contributed by atoms with Crippen LogP contribution in [0.4, 0.5) is 0 Å². The van der Waals surface area contributed by atoms with Crippen molar-refractivity contribution in [3.05, 3.63) is 18.4 Å². The van der Waals surface area contributed by atoms with Gasteiger partial charge in [0.15, 0.2) is 6.39 Å². The summed E-state index contributed by atoms with van der Waals surface area (Å²) in [6.45, 7) is 4.20. The molecule has 0 radical (unpaired) electrons. The van der Waals surface area contributed by atoms with E-state index in [0.717, 1.165) is 30.7 Å². The first-order chi connectivity index (χ1) is 6.36. The molecule has 13 heavy (non-hydrogen) atoms. The molecule has 1 aliphatic rings. The number of rotatable bonds is 5. The smallest absolute Gasteiger partial charge is 0.180 e. The van der Waals surface area contributed by atoms with Crippen LogP contribution in [0.2, 0.25) is 0 Å². The minimum Gasteiger partial charge on any atom is -0.447 e. The number of nitrogens with zero attached hydrogens (tertiary/aromatic N) is 1. The third-order valence-corrected chi connectivity index (χ3v) is 2.68. The maximum absolute atomic E-state index is 5.12. The highest BCUT2D eigenvalue weighted by molar-refractivity contribution is 4.88. The van der Waals surface area contributed by atoms with Gasteiger partial charge in [-0.1, -0.05) is 6.92 Å². The fourth-order valence-electron chi connectivity index (χ4n) is 1.58. The van der Waals surface area contributed by atoms with E-state index in [4.69, 9.17) is 4.42 Å². The number of hydrogen-bond donors (Lipinski definition) is 1. The first-order valence-electron chi connectivity index (χ1n) is 4.94. The van der Waals surface area contributed by atoms with Crippen LogP contribution >= 0.6 is 0 Å². The minimum absolute atomic E-state index is 0.803. The Kier molecular flexibility index (Phi) is 2.64. The van der Waals surface area contributed by atoms with Gasteiger partial charge in [-0.2, -0.15) is 0 Å². The van der Waals surface area contributed by atoms with Crippen molar-refractivity contribution in [2.24, 2.45) is 11.8 Å². The zero-order valence-corrected chi connectivity index (χ0v) is 7.99. The van der Waals surface area contributed by atoms with Gasteiger partial charge in [0.05, 0.1) is 12.7 Å². The van der Waals surface area contributed by atoms with Gasteiger partial charge in [0.2, 0.25) is 0 Å². The Balaban J connectivity index is 1.63. The molecule has 0 spiro atoms. The molecule has 1 aromatic rings. The molecule has 1 atom stereocenters. The number of oxazole rings is 1. The second-order valence-corrected chi connectivity index (χ2v) is 3.91. The van der Waals surface area contributed by atoms with E-state index in [1.165, 1.54) is 19.2 Å². The Labute approximate surface area is 78.5 Å². The lowest BCUT2D eigenvalue weighted by Gasteiger charge is -2.09. The zero-order chi connectivity index (χ0) is 9.10. The minimum atomic E-state index is 0.803. The predicted molar refractivity (Wildman–Crippen MR) is 50.1 cm³/mol. The lowest BCUT2D eigenvalue weighted by atomic mass is 10.1. The van der Waals surface area contributed by atoms with Crippen LogP contribution in [0.25, 0.3) is 0 Å². The van der Waals surface area contributed by atoms with Crippen LogP contribution in [0.5, 0.6) is 0 Å². The molecule has 0 amide bonds. The summed E-state index contributed by atoms with van der Waals surface area (Å²) in [5.74, 6) is 2.70. The first-order valence-corrected chi connectivity index (χ1v) is 4.94. The van der Waals surface area contributed by atoms with Crippen LogP contribution in [0.1, 0.15) is 25.5 Å². The third kappa shape index (κ3) is 2.56. The van der Waals surface area contributed by atoms with Crippen molar-refractivity contribution in [3.8, 4) is 0 Å². The lowest BCUT2D eigenvalue weighted by Crippen LogP contribution is -2.21. The SMILES string of the molecule is CC(CNCc1cnco1)C1CC1. The third-order valence-electron chi connectivity index (χ3n) is 2.68. The van der Waals surface area contributed by atoms with Crippen molar-refractivity contribution in [1.82, 2.24) is 10.3 Å². The number of hydrogen-bond acceptors (Lipinski definition) is 3. The Hall–Kier alpha value is -0.830. The monoisotopic (exact) mass is 180 g/mol. The number of nitrogens with one attached hydrogen (secondary N) is 1. The summed E-state index contributed by atoms with van der Waals surface area (Å²) in [5, 5.41) is 3.38. The molecule has 1 unspecified atom stereocenters. The van der Waals surface area contributed by atoms with Gasteiger partial charge < -0.3 is 9.73 Å². The van der Waals surface area contributed by atoms with E-state index in [9.17, 15) is 0 Å². The second kappa shape index (κ2) is 3.92. The fraction of sp³-hybridized carbons (Fsp3) is 0.700. The normalized spacial score (nSPS) is 18.8. The topological polar surface area (TPSA) is 38.1 Å². The van der Waals surface area contributed by atoms with E-state index in [1.807, 2.05) is 0 Å². The molecule has 3 nitrogen and oxygen atoms in total. The molecular formula is C10H16N2O. The lowest BCUT2D eigenvalue weighted by molar-refractivity contribution is 0.429. The maximum Gasteiger partial charge on any atom is 0.180 e. The molecule has 2 rings (SSSR count). The number of aromatic nitrogens is 1. The van der Waals surface area contributed by atoms with Crippen molar-refractivity contribution in [1.29, 1.82) is 0 Å². The van der Waals surface area contributed by atoms with Gasteiger partial charge in [-0.3, -0.25) is 0 Å². The van der Waals surface area contributed by atoms with Crippen molar-refractivity contribution >= 4 is 0 Å². The summed E-state index contributed by atoms with van der Waals surface area (Å²) >= 11 is 0. The summed E-state index contributed by atoms with van der Waals surface area (Å²) in [7, 11) is 0. The maximum atomic E-state index is 5.12. The van der Waals surface area contributed by atoms with Gasteiger partial charge in [-0.05, 0) is 31.2 Å². The molecule has 0 bridgehead atoms. The molecule has 1 fully saturated rings. The highest BCUT2D eigenvalue weighted by Crippen LogP contribution is 2.36. The molecule has 1 aromatic heterocycles. The van der Waals surface area contributed by atoms with Crippen molar-refractivity contribution in [2.75, 3.05) is 6.54 Å². The Morgan fingerprint density at radius 1 is 1.69 bits per heavy atom. The molecule has 0 aromatic carbocycles. The van der Waals surface area contributed by atoms with E-state index < -0.39 is 0 Å². The summed E-state index contributed by atoms with van der Waals surface area (Å²) in [4.78, 5) is 3.86. The zero-order valence-electron chi connectivity index (χ0n) is 7.99. The van der Waals surface area contributed by atoms with Crippen LogP contribution < -0.4 is 5.32 Å². The van der Waals surface area contributed by atoms with E-state index in [1.54, 1.807) is 6.20 Å². The van der Waals surface area contributed by atoms with Gasteiger partial charge in [0, 0.05) is 0 Å². The molecule has 0 saturated heterocycles. The Bertz CT molecular complexity index is 241. The molecule has 3 heteroatoms. The quantitative estimate of drug-likeness (QED) is 0.751. The first kappa shape index (κ1) is 8.75. The summed E-state index contributed by atoms with van der Waals surface area (Å²) in [5.41, 5.74) is 0. The van der Waals surface area contributed by atoms with Crippen molar-refractivity contribution in [2.45, 2.75) is 26.3 Å². The van der Waals surface area contributed by atoms with Crippen LogP contribution in [0, 0.1) is 11.8 Å². The Morgan fingerprint density at radius 2 is 2.54 bits per heavy atom.